The molecular formula is C24H27FN4O2. The molecule has 7 heteroatoms. The van der Waals surface area contributed by atoms with E-state index in [1.165, 1.54) is 6.07 Å². The summed E-state index contributed by atoms with van der Waals surface area (Å²) in [5.74, 6) is 0.416. The van der Waals surface area contributed by atoms with Gasteiger partial charge in [0.05, 0.1) is 12.8 Å². The number of ether oxygens (including phenoxy) is 1. The first-order valence-corrected chi connectivity index (χ1v) is 10.5. The molecule has 2 aromatic carbocycles. The number of piperidine rings is 1. The number of halogens is 1. The monoisotopic (exact) mass is 422 g/mol. The first kappa shape index (κ1) is 21.1. The van der Waals surface area contributed by atoms with Crippen molar-refractivity contribution in [3.63, 3.8) is 0 Å². The van der Waals surface area contributed by atoms with Crippen LogP contribution in [0.2, 0.25) is 0 Å². The molecular weight excluding hydrogens is 395 g/mol. The molecule has 1 amide bonds. The number of benzene rings is 2. The lowest BCUT2D eigenvalue weighted by atomic mass is 10.0. The van der Waals surface area contributed by atoms with Crippen LogP contribution in [0.5, 0.6) is 5.75 Å². The Kier molecular flexibility index (Phi) is 6.32. The van der Waals surface area contributed by atoms with Gasteiger partial charge in [-0.2, -0.15) is 5.10 Å². The molecule has 4 rings (SSSR count). The molecule has 0 bridgehead atoms. The molecule has 1 aliphatic rings. The van der Waals surface area contributed by atoms with Crippen LogP contribution in [0.4, 0.5) is 4.39 Å². The van der Waals surface area contributed by atoms with Crippen LogP contribution < -0.4 is 4.74 Å². The molecule has 31 heavy (non-hydrogen) atoms. The van der Waals surface area contributed by atoms with Crippen LogP contribution >= 0.6 is 0 Å². The highest BCUT2D eigenvalue weighted by Gasteiger charge is 2.28. The summed E-state index contributed by atoms with van der Waals surface area (Å²) in [6.07, 6.45) is 1.88. The Hall–Kier alpha value is -3.19. The van der Waals surface area contributed by atoms with Gasteiger partial charge in [0.2, 0.25) is 0 Å². The second-order valence-corrected chi connectivity index (χ2v) is 7.91. The van der Waals surface area contributed by atoms with Gasteiger partial charge in [0.15, 0.2) is 0 Å². The quantitative estimate of drug-likeness (QED) is 0.653. The van der Waals surface area contributed by atoms with Gasteiger partial charge >= 0.3 is 0 Å². The van der Waals surface area contributed by atoms with Gasteiger partial charge in [0, 0.05) is 37.3 Å². The van der Waals surface area contributed by atoms with E-state index in [2.05, 4.69) is 15.1 Å². The van der Waals surface area contributed by atoms with Crippen LogP contribution in [-0.2, 0) is 6.54 Å². The second kappa shape index (κ2) is 9.31. The number of carbonyl (C=O) groups is 1. The summed E-state index contributed by atoms with van der Waals surface area (Å²) >= 11 is 0. The van der Waals surface area contributed by atoms with Crippen molar-refractivity contribution in [2.24, 2.45) is 0 Å². The SMILES string of the molecule is COc1ccccc1-c1cc(C(=O)N(C)[C@H]2CCCN(Cc3ccccc3F)C2)[nH]n1. The maximum Gasteiger partial charge on any atom is 0.271 e. The van der Waals surface area contributed by atoms with E-state index in [1.807, 2.05) is 43.4 Å². The van der Waals surface area contributed by atoms with Gasteiger partial charge in [-0.05, 0) is 43.7 Å². The summed E-state index contributed by atoms with van der Waals surface area (Å²) in [7, 11) is 3.44. The Balaban J connectivity index is 1.44. The highest BCUT2D eigenvalue weighted by molar-refractivity contribution is 5.93. The normalized spacial score (nSPS) is 16.8. The van der Waals surface area contributed by atoms with Crippen molar-refractivity contribution >= 4 is 5.91 Å². The molecule has 0 saturated carbocycles. The lowest BCUT2D eigenvalue weighted by Crippen LogP contribution is -2.48. The van der Waals surface area contributed by atoms with Gasteiger partial charge in [-0.15, -0.1) is 0 Å². The zero-order chi connectivity index (χ0) is 21.8. The van der Waals surface area contributed by atoms with Gasteiger partial charge in [-0.25, -0.2) is 4.39 Å². The number of nitrogens with zero attached hydrogens (tertiary/aromatic N) is 3. The number of aromatic nitrogens is 2. The van der Waals surface area contributed by atoms with Gasteiger partial charge < -0.3 is 9.64 Å². The van der Waals surface area contributed by atoms with Crippen LogP contribution in [0.25, 0.3) is 11.3 Å². The summed E-state index contributed by atoms with van der Waals surface area (Å²) in [4.78, 5) is 17.1. The van der Waals surface area contributed by atoms with Gasteiger partial charge in [0.1, 0.15) is 17.3 Å². The number of H-pyrrole nitrogens is 1. The van der Waals surface area contributed by atoms with E-state index in [0.29, 0.717) is 35.8 Å². The van der Waals surface area contributed by atoms with E-state index in [9.17, 15) is 9.18 Å². The number of amides is 1. The number of methoxy groups -OCH3 is 1. The third-order valence-corrected chi connectivity index (χ3v) is 5.89. The standard InChI is InChI=1S/C24H27FN4O2/c1-28(18-9-7-13-29(16-18)15-17-8-3-5-11-20(17)25)24(30)22-14-21(26-27-22)19-10-4-6-12-23(19)31-2/h3-6,8,10-12,14,18H,7,9,13,15-16H2,1-2H3,(H,26,27)/t18-/m0/s1. The second-order valence-electron chi connectivity index (χ2n) is 7.91. The minimum atomic E-state index is -0.185. The number of hydrogen-bond donors (Lipinski definition) is 1. The number of likely N-dealkylation sites (tertiary alicyclic amines) is 1. The van der Waals surface area contributed by atoms with Crippen LogP contribution in [0, 0.1) is 5.82 Å². The summed E-state index contributed by atoms with van der Waals surface area (Å²) < 4.78 is 19.4. The summed E-state index contributed by atoms with van der Waals surface area (Å²) in [6.45, 7) is 2.16. The Bertz CT molecular complexity index is 1050. The van der Waals surface area contributed by atoms with Crippen LogP contribution in [0.1, 0.15) is 28.9 Å². The highest BCUT2D eigenvalue weighted by Crippen LogP contribution is 2.29. The number of carbonyl (C=O) groups excluding carboxylic acids is 1. The molecule has 2 heterocycles. The minimum absolute atomic E-state index is 0.0611. The zero-order valence-electron chi connectivity index (χ0n) is 17.8. The van der Waals surface area contributed by atoms with E-state index in [-0.39, 0.29) is 17.8 Å². The summed E-state index contributed by atoms with van der Waals surface area (Å²) in [6, 6.07) is 16.3. The predicted molar refractivity (Wildman–Crippen MR) is 117 cm³/mol. The maximum absolute atomic E-state index is 14.0. The van der Waals surface area contributed by atoms with E-state index < -0.39 is 0 Å². The van der Waals surface area contributed by atoms with Crippen molar-refractivity contribution in [1.82, 2.24) is 20.0 Å². The topological polar surface area (TPSA) is 61.5 Å². The molecule has 0 radical (unpaired) electrons. The molecule has 1 aliphatic heterocycles. The molecule has 1 atom stereocenters. The molecule has 6 nitrogen and oxygen atoms in total. The zero-order valence-corrected chi connectivity index (χ0v) is 17.8. The number of para-hydroxylation sites is 1. The van der Waals surface area contributed by atoms with E-state index in [0.717, 1.165) is 24.9 Å². The summed E-state index contributed by atoms with van der Waals surface area (Å²) in [5, 5.41) is 7.19. The lowest BCUT2D eigenvalue weighted by molar-refractivity contribution is 0.0602. The maximum atomic E-state index is 14.0. The van der Waals surface area contributed by atoms with Gasteiger partial charge in [-0.3, -0.25) is 14.8 Å². The lowest BCUT2D eigenvalue weighted by Gasteiger charge is -2.37. The van der Waals surface area contributed by atoms with Crippen LogP contribution in [0.15, 0.2) is 54.6 Å². The molecule has 1 fully saturated rings. The largest absolute Gasteiger partial charge is 0.496 e. The fraction of sp³-hybridized carbons (Fsp3) is 0.333. The molecule has 1 N–H and O–H groups in total. The number of likely N-dealkylation sites (N-methyl/N-ethyl adjacent to an activating group) is 1. The molecule has 1 saturated heterocycles. The first-order chi connectivity index (χ1) is 15.1. The van der Waals surface area contributed by atoms with Crippen molar-refractivity contribution in [3.8, 4) is 17.0 Å². The smallest absolute Gasteiger partial charge is 0.271 e. The number of rotatable bonds is 6. The average Bonchev–Trinajstić information content (AvgIpc) is 3.30. The fourth-order valence-corrected chi connectivity index (χ4v) is 4.14. The fourth-order valence-electron chi connectivity index (χ4n) is 4.14. The number of hydrogen-bond acceptors (Lipinski definition) is 4. The summed E-state index contributed by atoms with van der Waals surface area (Å²) in [5.41, 5.74) is 2.62. The molecule has 3 aromatic rings. The van der Waals surface area contributed by atoms with Crippen molar-refractivity contribution in [2.45, 2.75) is 25.4 Å². The van der Waals surface area contributed by atoms with E-state index >= 15 is 0 Å². The van der Waals surface area contributed by atoms with Gasteiger partial charge in [0.25, 0.3) is 5.91 Å². The van der Waals surface area contributed by atoms with Crippen molar-refractivity contribution in [1.29, 1.82) is 0 Å². The van der Waals surface area contributed by atoms with E-state index in [4.69, 9.17) is 4.74 Å². The molecule has 0 aliphatic carbocycles. The number of aromatic amines is 1. The third-order valence-electron chi connectivity index (χ3n) is 5.89. The predicted octanol–water partition coefficient (Wildman–Crippen LogP) is 3.96. The Labute approximate surface area is 181 Å². The van der Waals surface area contributed by atoms with Crippen molar-refractivity contribution in [2.75, 3.05) is 27.2 Å². The van der Waals surface area contributed by atoms with Gasteiger partial charge in [-0.1, -0.05) is 30.3 Å². The minimum Gasteiger partial charge on any atom is -0.496 e. The van der Waals surface area contributed by atoms with Crippen molar-refractivity contribution < 1.29 is 13.9 Å². The van der Waals surface area contributed by atoms with Crippen molar-refractivity contribution in [3.05, 3.63) is 71.7 Å². The van der Waals surface area contributed by atoms with Crippen LogP contribution in [0.3, 0.4) is 0 Å². The first-order valence-electron chi connectivity index (χ1n) is 10.5. The van der Waals surface area contributed by atoms with E-state index in [1.54, 1.807) is 24.1 Å². The molecule has 0 spiro atoms. The third kappa shape index (κ3) is 4.61. The molecule has 162 valence electrons. The van der Waals surface area contributed by atoms with Crippen LogP contribution in [-0.4, -0.2) is 59.2 Å². The number of nitrogens with one attached hydrogen (secondary N) is 1. The Morgan fingerprint density at radius 3 is 2.84 bits per heavy atom. The molecule has 1 aromatic heterocycles. The Morgan fingerprint density at radius 2 is 2.03 bits per heavy atom. The average molecular weight is 423 g/mol. The molecule has 0 unspecified atom stereocenters. The Morgan fingerprint density at radius 1 is 1.26 bits per heavy atom. The highest BCUT2D eigenvalue weighted by atomic mass is 19.1.